The highest BCUT2D eigenvalue weighted by atomic mass is 15.3. The molecule has 1 fully saturated rings. The van der Waals surface area contributed by atoms with Gasteiger partial charge in [0.15, 0.2) is 0 Å². The first kappa shape index (κ1) is 8.04. The van der Waals surface area contributed by atoms with E-state index >= 15 is 0 Å². The third-order valence-electron chi connectivity index (χ3n) is 3.60. The number of hydrogen-bond donors (Lipinski definition) is 0. The molecular formula is C12H14N2. The monoisotopic (exact) mass is 186 g/mol. The molecule has 0 radical (unpaired) electrons. The van der Waals surface area contributed by atoms with Crippen molar-refractivity contribution in [3.05, 3.63) is 30.1 Å². The van der Waals surface area contributed by atoms with E-state index < -0.39 is 0 Å². The van der Waals surface area contributed by atoms with Crippen molar-refractivity contribution in [3.8, 4) is 0 Å². The number of aromatic nitrogens is 1. The van der Waals surface area contributed by atoms with Gasteiger partial charge in [0.05, 0.1) is 11.9 Å². The Bertz CT molecular complexity index is 387. The van der Waals surface area contributed by atoms with Crippen LogP contribution in [-0.2, 0) is 0 Å². The highest BCUT2D eigenvalue weighted by Gasteiger charge is 2.43. The van der Waals surface area contributed by atoms with Gasteiger partial charge in [0, 0.05) is 29.8 Å². The summed E-state index contributed by atoms with van der Waals surface area (Å²) in [6.07, 6.45) is 8.43. The van der Waals surface area contributed by atoms with Crippen LogP contribution < -0.4 is 4.90 Å². The Labute approximate surface area is 84.3 Å². The molecule has 2 heteroatoms. The minimum atomic E-state index is 0.631. The van der Waals surface area contributed by atoms with Gasteiger partial charge in [-0.05, 0) is 19.9 Å². The van der Waals surface area contributed by atoms with Gasteiger partial charge in [0.2, 0.25) is 0 Å². The maximum Gasteiger partial charge on any atom is 0.0631 e. The summed E-state index contributed by atoms with van der Waals surface area (Å²) < 4.78 is 0. The molecule has 2 nitrogen and oxygen atoms in total. The summed E-state index contributed by atoms with van der Waals surface area (Å²) in [4.78, 5) is 6.67. The molecule has 72 valence electrons. The Morgan fingerprint density at radius 2 is 2.07 bits per heavy atom. The summed E-state index contributed by atoms with van der Waals surface area (Å²) in [6.45, 7) is 4.58. The molecule has 0 aliphatic carbocycles. The van der Waals surface area contributed by atoms with E-state index in [4.69, 9.17) is 0 Å². The van der Waals surface area contributed by atoms with Crippen molar-refractivity contribution in [2.24, 2.45) is 5.92 Å². The fourth-order valence-electron chi connectivity index (χ4n) is 2.77. The lowest BCUT2D eigenvalue weighted by molar-refractivity contribution is 0.289. The Balaban J connectivity index is 2.17. The molecule has 0 N–H and O–H groups in total. The van der Waals surface area contributed by atoms with Gasteiger partial charge >= 0.3 is 0 Å². The minimum Gasteiger partial charge on any atom is -0.363 e. The number of pyridine rings is 1. The highest BCUT2D eigenvalue weighted by Crippen LogP contribution is 2.42. The van der Waals surface area contributed by atoms with Crippen LogP contribution in [0.2, 0.25) is 0 Å². The standard InChI is InChI=1S/C12H14N2/c1-8-11-4-3-10-5-6-13-7-12(10)14(8)9(11)2/h3-9,11H,1-2H3. The van der Waals surface area contributed by atoms with Crippen LogP contribution in [0.1, 0.15) is 19.4 Å². The van der Waals surface area contributed by atoms with Crippen LogP contribution in [0.5, 0.6) is 0 Å². The van der Waals surface area contributed by atoms with Crippen LogP contribution in [0, 0.1) is 5.92 Å². The van der Waals surface area contributed by atoms with E-state index in [1.54, 1.807) is 0 Å². The zero-order valence-corrected chi connectivity index (χ0v) is 8.51. The Morgan fingerprint density at radius 3 is 2.86 bits per heavy atom. The molecule has 1 aromatic rings. The molecule has 4 heterocycles. The second-order valence-corrected chi connectivity index (χ2v) is 4.26. The summed E-state index contributed by atoms with van der Waals surface area (Å²) >= 11 is 0. The SMILES string of the molecule is CC1C2C=Cc3ccncc3N1C2C. The summed E-state index contributed by atoms with van der Waals surface area (Å²) in [5.41, 5.74) is 2.59. The molecule has 2 unspecified atom stereocenters. The molecule has 1 aromatic heterocycles. The average molecular weight is 186 g/mol. The first-order valence-electron chi connectivity index (χ1n) is 5.19. The minimum absolute atomic E-state index is 0.631. The van der Waals surface area contributed by atoms with E-state index in [0.717, 1.165) is 0 Å². The third-order valence-corrected chi connectivity index (χ3v) is 3.60. The van der Waals surface area contributed by atoms with Crippen molar-refractivity contribution in [1.29, 1.82) is 0 Å². The molecule has 0 spiro atoms. The quantitative estimate of drug-likeness (QED) is 0.618. The van der Waals surface area contributed by atoms with Crippen molar-refractivity contribution in [2.45, 2.75) is 25.9 Å². The van der Waals surface area contributed by atoms with Crippen molar-refractivity contribution < 1.29 is 0 Å². The van der Waals surface area contributed by atoms with E-state index in [2.05, 4.69) is 41.9 Å². The Kier molecular flexibility index (Phi) is 1.49. The topological polar surface area (TPSA) is 16.1 Å². The summed E-state index contributed by atoms with van der Waals surface area (Å²) in [6, 6.07) is 3.35. The van der Waals surface area contributed by atoms with Gasteiger partial charge in [-0.15, -0.1) is 0 Å². The molecule has 2 bridgehead atoms. The maximum absolute atomic E-state index is 4.21. The summed E-state index contributed by atoms with van der Waals surface area (Å²) in [5.74, 6) is 0.711. The van der Waals surface area contributed by atoms with E-state index in [1.165, 1.54) is 11.3 Å². The first-order valence-corrected chi connectivity index (χ1v) is 5.19. The average Bonchev–Trinajstić information content (AvgIpc) is 2.44. The number of anilines is 1. The van der Waals surface area contributed by atoms with Gasteiger partial charge in [0.1, 0.15) is 0 Å². The smallest absolute Gasteiger partial charge is 0.0631 e. The van der Waals surface area contributed by atoms with Crippen LogP contribution in [0.3, 0.4) is 0 Å². The lowest BCUT2D eigenvalue weighted by Gasteiger charge is -2.52. The zero-order valence-electron chi connectivity index (χ0n) is 8.51. The molecule has 0 amide bonds. The second-order valence-electron chi connectivity index (χ2n) is 4.26. The Hall–Kier alpha value is -1.31. The fourth-order valence-corrected chi connectivity index (χ4v) is 2.77. The van der Waals surface area contributed by atoms with Crippen molar-refractivity contribution in [1.82, 2.24) is 4.98 Å². The molecule has 3 aliphatic rings. The second kappa shape index (κ2) is 2.59. The number of rotatable bonds is 0. The predicted octanol–water partition coefficient (Wildman–Crippen LogP) is 2.32. The van der Waals surface area contributed by atoms with Crippen molar-refractivity contribution >= 4 is 11.8 Å². The zero-order chi connectivity index (χ0) is 9.71. The number of nitrogens with zero attached hydrogens (tertiary/aromatic N) is 2. The third kappa shape index (κ3) is 0.834. The lowest BCUT2D eigenvalue weighted by Crippen LogP contribution is -2.60. The molecule has 0 saturated carbocycles. The predicted molar refractivity (Wildman–Crippen MR) is 58.2 cm³/mol. The van der Waals surface area contributed by atoms with E-state index in [-0.39, 0.29) is 0 Å². The van der Waals surface area contributed by atoms with Gasteiger partial charge in [-0.3, -0.25) is 4.98 Å². The molecule has 4 rings (SSSR count). The molecule has 0 aromatic carbocycles. The van der Waals surface area contributed by atoms with Crippen LogP contribution in [0.15, 0.2) is 24.5 Å². The Morgan fingerprint density at radius 1 is 1.29 bits per heavy atom. The van der Waals surface area contributed by atoms with Crippen LogP contribution in [0.4, 0.5) is 5.69 Å². The van der Waals surface area contributed by atoms with E-state index in [1.807, 2.05) is 12.4 Å². The number of hydrogen-bond acceptors (Lipinski definition) is 2. The molecule has 2 atom stereocenters. The van der Waals surface area contributed by atoms with Crippen LogP contribution in [-0.4, -0.2) is 17.1 Å². The van der Waals surface area contributed by atoms with Gasteiger partial charge in [-0.25, -0.2) is 0 Å². The largest absolute Gasteiger partial charge is 0.363 e. The molecular weight excluding hydrogens is 172 g/mol. The van der Waals surface area contributed by atoms with Gasteiger partial charge < -0.3 is 4.90 Å². The molecule has 3 aliphatic heterocycles. The van der Waals surface area contributed by atoms with Crippen LogP contribution >= 0.6 is 0 Å². The van der Waals surface area contributed by atoms with E-state index in [0.29, 0.717) is 18.0 Å². The first-order chi connectivity index (χ1) is 6.79. The van der Waals surface area contributed by atoms with Gasteiger partial charge in [0.25, 0.3) is 0 Å². The van der Waals surface area contributed by atoms with Crippen molar-refractivity contribution in [3.63, 3.8) is 0 Å². The maximum atomic E-state index is 4.21. The fraction of sp³-hybridized carbons (Fsp3) is 0.417. The highest BCUT2D eigenvalue weighted by molar-refractivity contribution is 5.72. The molecule has 1 saturated heterocycles. The van der Waals surface area contributed by atoms with Gasteiger partial charge in [-0.1, -0.05) is 12.2 Å². The normalized spacial score (nSPS) is 33.3. The van der Waals surface area contributed by atoms with Crippen LogP contribution in [0.25, 0.3) is 6.08 Å². The summed E-state index contributed by atoms with van der Waals surface area (Å²) in [7, 11) is 0. The van der Waals surface area contributed by atoms with Crippen molar-refractivity contribution in [2.75, 3.05) is 4.90 Å². The molecule has 14 heavy (non-hydrogen) atoms. The van der Waals surface area contributed by atoms with E-state index in [9.17, 15) is 0 Å². The lowest BCUT2D eigenvalue weighted by atomic mass is 9.82. The van der Waals surface area contributed by atoms with Gasteiger partial charge in [-0.2, -0.15) is 0 Å². The summed E-state index contributed by atoms with van der Waals surface area (Å²) in [5, 5.41) is 0.